The minimum Gasteiger partial charge on any atom is -0.388 e. The molecule has 1 fully saturated rings. The van der Waals surface area contributed by atoms with E-state index in [0.29, 0.717) is 6.54 Å². The van der Waals surface area contributed by atoms with E-state index < -0.39 is 5.60 Å². The average Bonchev–Trinajstić information content (AvgIpc) is 3.04. The highest BCUT2D eigenvalue weighted by Gasteiger charge is 2.31. The summed E-state index contributed by atoms with van der Waals surface area (Å²) >= 11 is 0. The molecule has 0 spiro atoms. The maximum Gasteiger partial charge on any atom is 0.251 e. The van der Waals surface area contributed by atoms with Gasteiger partial charge in [-0.05, 0) is 55.4 Å². The highest BCUT2D eigenvalue weighted by Crippen LogP contribution is 2.28. The summed E-state index contributed by atoms with van der Waals surface area (Å²) in [6.07, 6.45) is 7.14. The number of rotatable bonds is 3. The lowest BCUT2D eigenvalue weighted by molar-refractivity contribution is 0.0449. The van der Waals surface area contributed by atoms with E-state index >= 15 is 0 Å². The second-order valence-electron chi connectivity index (χ2n) is 5.95. The number of hydrogen-bond acceptors (Lipinski definition) is 2. The quantitative estimate of drug-likeness (QED) is 0.874. The van der Waals surface area contributed by atoms with Crippen molar-refractivity contribution in [3.05, 3.63) is 34.9 Å². The lowest BCUT2D eigenvalue weighted by Gasteiger charge is -2.22. The summed E-state index contributed by atoms with van der Waals surface area (Å²) in [5.41, 5.74) is 2.74. The molecule has 0 aromatic heterocycles. The highest BCUT2D eigenvalue weighted by molar-refractivity contribution is 5.94. The Morgan fingerprint density at radius 2 is 1.89 bits per heavy atom. The van der Waals surface area contributed by atoms with Crippen LogP contribution in [0.5, 0.6) is 0 Å². The van der Waals surface area contributed by atoms with Crippen molar-refractivity contribution in [1.29, 1.82) is 0 Å². The predicted molar refractivity (Wildman–Crippen MR) is 74.2 cm³/mol. The normalized spacial score (nSPS) is 20.3. The zero-order chi connectivity index (χ0) is 13.3. The summed E-state index contributed by atoms with van der Waals surface area (Å²) in [6, 6.07) is 5.98. The number of aryl methyl sites for hydroxylation is 2. The maximum atomic E-state index is 12.1. The Morgan fingerprint density at radius 3 is 2.68 bits per heavy atom. The Bertz CT molecular complexity index is 490. The zero-order valence-electron chi connectivity index (χ0n) is 11.2. The van der Waals surface area contributed by atoms with Gasteiger partial charge in [0, 0.05) is 12.1 Å². The molecule has 0 heterocycles. The molecule has 102 valence electrons. The highest BCUT2D eigenvalue weighted by atomic mass is 16.3. The van der Waals surface area contributed by atoms with Gasteiger partial charge in [-0.2, -0.15) is 0 Å². The van der Waals surface area contributed by atoms with E-state index in [-0.39, 0.29) is 5.91 Å². The van der Waals surface area contributed by atoms with Crippen LogP contribution in [0.1, 0.15) is 53.6 Å². The molecule has 0 aliphatic heterocycles. The maximum absolute atomic E-state index is 12.1. The summed E-state index contributed by atoms with van der Waals surface area (Å²) in [4.78, 5) is 12.1. The van der Waals surface area contributed by atoms with Gasteiger partial charge in [0.25, 0.3) is 5.91 Å². The number of nitrogens with one attached hydrogen (secondary N) is 1. The van der Waals surface area contributed by atoms with Gasteiger partial charge in [0.05, 0.1) is 5.60 Å². The first-order chi connectivity index (χ1) is 9.16. The summed E-state index contributed by atoms with van der Waals surface area (Å²) in [5.74, 6) is -0.0602. The number of carbonyl (C=O) groups excluding carboxylic acids is 1. The van der Waals surface area contributed by atoms with E-state index in [1.54, 1.807) is 0 Å². The predicted octanol–water partition coefficient (Wildman–Crippen LogP) is 2.21. The van der Waals surface area contributed by atoms with Crippen LogP contribution in [0, 0.1) is 0 Å². The van der Waals surface area contributed by atoms with Crippen LogP contribution >= 0.6 is 0 Å². The number of amides is 1. The largest absolute Gasteiger partial charge is 0.388 e. The van der Waals surface area contributed by atoms with Crippen molar-refractivity contribution in [1.82, 2.24) is 5.32 Å². The smallest absolute Gasteiger partial charge is 0.251 e. The van der Waals surface area contributed by atoms with Gasteiger partial charge in [0.2, 0.25) is 0 Å². The molecule has 3 rings (SSSR count). The monoisotopic (exact) mass is 259 g/mol. The van der Waals surface area contributed by atoms with E-state index in [1.165, 1.54) is 17.5 Å². The molecule has 1 saturated carbocycles. The van der Waals surface area contributed by atoms with Crippen LogP contribution in [0.3, 0.4) is 0 Å². The summed E-state index contributed by atoms with van der Waals surface area (Å²) in [6.45, 7) is 0.378. The average molecular weight is 259 g/mol. The molecule has 2 N–H and O–H groups in total. The molecule has 3 nitrogen and oxygen atoms in total. The molecule has 3 heteroatoms. The first-order valence-electron chi connectivity index (χ1n) is 7.29. The molecule has 0 unspecified atom stereocenters. The van der Waals surface area contributed by atoms with E-state index in [9.17, 15) is 9.90 Å². The molecule has 2 aliphatic rings. The van der Waals surface area contributed by atoms with Crippen LogP contribution in [0.15, 0.2) is 18.2 Å². The van der Waals surface area contributed by atoms with Gasteiger partial charge < -0.3 is 10.4 Å². The molecular weight excluding hydrogens is 238 g/mol. The molecule has 0 atom stereocenters. The van der Waals surface area contributed by atoms with Gasteiger partial charge in [-0.1, -0.05) is 18.9 Å². The molecule has 19 heavy (non-hydrogen) atoms. The second-order valence-corrected chi connectivity index (χ2v) is 5.95. The molecule has 0 radical (unpaired) electrons. The lowest BCUT2D eigenvalue weighted by Crippen LogP contribution is -2.40. The minimum atomic E-state index is -0.674. The third-order valence-electron chi connectivity index (χ3n) is 4.47. The Hall–Kier alpha value is -1.35. The van der Waals surface area contributed by atoms with E-state index in [0.717, 1.165) is 44.1 Å². The van der Waals surface area contributed by atoms with Gasteiger partial charge in [-0.15, -0.1) is 0 Å². The van der Waals surface area contributed by atoms with Crippen molar-refractivity contribution in [3.8, 4) is 0 Å². The van der Waals surface area contributed by atoms with E-state index in [1.807, 2.05) is 12.1 Å². The van der Waals surface area contributed by atoms with Crippen molar-refractivity contribution in [2.75, 3.05) is 6.54 Å². The standard InChI is InChI=1S/C16H21NO2/c18-15(17-11-16(19)8-1-2-9-16)14-7-6-12-4-3-5-13(12)10-14/h6-7,10,19H,1-5,8-9,11H2,(H,17,18). The molecule has 2 aliphatic carbocycles. The second kappa shape index (κ2) is 4.97. The van der Waals surface area contributed by atoms with Crippen LogP contribution in [0.2, 0.25) is 0 Å². The number of fused-ring (bicyclic) bond motifs is 1. The first kappa shape index (κ1) is 12.7. The van der Waals surface area contributed by atoms with Gasteiger partial charge in [0.15, 0.2) is 0 Å². The SMILES string of the molecule is O=C(NCC1(O)CCCC1)c1ccc2c(c1)CCC2. The Morgan fingerprint density at radius 1 is 1.16 bits per heavy atom. The Labute approximate surface area is 114 Å². The molecule has 1 amide bonds. The van der Waals surface area contributed by atoms with Gasteiger partial charge in [-0.25, -0.2) is 0 Å². The fraction of sp³-hybridized carbons (Fsp3) is 0.562. The fourth-order valence-electron chi connectivity index (χ4n) is 3.27. The fourth-order valence-corrected chi connectivity index (χ4v) is 3.27. The summed E-state index contributed by atoms with van der Waals surface area (Å²) in [5, 5.41) is 13.1. The minimum absolute atomic E-state index is 0.0602. The molecule has 1 aromatic rings. The van der Waals surface area contributed by atoms with Crippen LogP contribution < -0.4 is 5.32 Å². The Balaban J connectivity index is 1.64. The van der Waals surface area contributed by atoms with Gasteiger partial charge in [-0.3, -0.25) is 4.79 Å². The summed E-state index contributed by atoms with van der Waals surface area (Å²) < 4.78 is 0. The first-order valence-corrected chi connectivity index (χ1v) is 7.29. The third kappa shape index (κ3) is 2.66. The number of carbonyl (C=O) groups is 1. The van der Waals surface area contributed by atoms with Crippen LogP contribution in [0.4, 0.5) is 0 Å². The number of benzene rings is 1. The summed E-state index contributed by atoms with van der Waals surface area (Å²) in [7, 11) is 0. The van der Waals surface area contributed by atoms with Crippen LogP contribution in [-0.4, -0.2) is 23.2 Å². The van der Waals surface area contributed by atoms with Gasteiger partial charge in [0.1, 0.15) is 0 Å². The molecule has 0 bridgehead atoms. The van der Waals surface area contributed by atoms with Crippen molar-refractivity contribution in [3.63, 3.8) is 0 Å². The zero-order valence-corrected chi connectivity index (χ0v) is 11.2. The number of aliphatic hydroxyl groups is 1. The lowest BCUT2D eigenvalue weighted by atomic mass is 10.0. The topological polar surface area (TPSA) is 49.3 Å². The van der Waals surface area contributed by atoms with Gasteiger partial charge >= 0.3 is 0 Å². The number of hydrogen-bond donors (Lipinski definition) is 2. The van der Waals surface area contributed by atoms with E-state index in [2.05, 4.69) is 11.4 Å². The van der Waals surface area contributed by atoms with E-state index in [4.69, 9.17) is 0 Å². The molecular formula is C16H21NO2. The third-order valence-corrected chi connectivity index (χ3v) is 4.47. The Kier molecular flexibility index (Phi) is 3.31. The molecule has 0 saturated heterocycles. The van der Waals surface area contributed by atoms with Crippen molar-refractivity contribution in [2.45, 2.75) is 50.5 Å². The van der Waals surface area contributed by atoms with Crippen LogP contribution in [0.25, 0.3) is 0 Å². The van der Waals surface area contributed by atoms with Crippen molar-refractivity contribution < 1.29 is 9.90 Å². The van der Waals surface area contributed by atoms with Crippen molar-refractivity contribution >= 4 is 5.91 Å². The molecule has 1 aromatic carbocycles. The van der Waals surface area contributed by atoms with Crippen LogP contribution in [-0.2, 0) is 12.8 Å². The van der Waals surface area contributed by atoms with Crippen molar-refractivity contribution in [2.24, 2.45) is 0 Å².